The number of carbonyl (C=O) groups excluding carboxylic acids is 2. The maximum atomic E-state index is 12.6. The van der Waals surface area contributed by atoms with Crippen LogP contribution in [0.2, 0.25) is 0 Å². The second-order valence-corrected chi connectivity index (χ2v) is 9.37. The molecular formula is C26H27BrN2O4. The van der Waals surface area contributed by atoms with Crippen LogP contribution in [0.4, 0.5) is 0 Å². The first kappa shape index (κ1) is 24.3. The average Bonchev–Trinajstić information content (AvgIpc) is 2.80. The van der Waals surface area contributed by atoms with Crippen molar-refractivity contribution in [1.29, 1.82) is 0 Å². The normalized spacial score (nSPS) is 10.9. The summed E-state index contributed by atoms with van der Waals surface area (Å²) in [6.45, 7) is 6.30. The van der Waals surface area contributed by atoms with E-state index >= 15 is 0 Å². The Bertz CT molecular complexity index is 1110. The van der Waals surface area contributed by atoms with Crippen LogP contribution in [0.5, 0.6) is 11.5 Å². The van der Waals surface area contributed by atoms with E-state index in [4.69, 9.17) is 9.47 Å². The molecule has 172 valence electrons. The van der Waals surface area contributed by atoms with E-state index in [0.29, 0.717) is 23.7 Å². The van der Waals surface area contributed by atoms with E-state index < -0.39 is 11.8 Å². The van der Waals surface area contributed by atoms with E-state index in [2.05, 4.69) is 47.6 Å². The monoisotopic (exact) mass is 510 g/mol. The Morgan fingerprint density at radius 3 is 2.27 bits per heavy atom. The molecular weight excluding hydrogens is 484 g/mol. The van der Waals surface area contributed by atoms with E-state index in [9.17, 15) is 9.59 Å². The Kier molecular flexibility index (Phi) is 8.11. The molecule has 0 aliphatic heterocycles. The molecule has 0 aliphatic carbocycles. The predicted octanol–water partition coefficient (Wildman–Crippen LogP) is 5.17. The maximum Gasteiger partial charge on any atom is 0.276 e. The number of carbonyl (C=O) groups is 2. The maximum absolute atomic E-state index is 12.6. The van der Waals surface area contributed by atoms with Crippen molar-refractivity contribution in [2.45, 2.75) is 32.8 Å². The summed E-state index contributed by atoms with van der Waals surface area (Å²) in [6.07, 6.45) is 0. The van der Waals surface area contributed by atoms with Crippen molar-refractivity contribution >= 4 is 27.7 Å². The Hall–Kier alpha value is -3.32. The first-order valence-electron chi connectivity index (χ1n) is 10.5. The molecule has 0 bridgehead atoms. The molecule has 0 aromatic heterocycles. The summed E-state index contributed by atoms with van der Waals surface area (Å²) < 4.78 is 12.5. The van der Waals surface area contributed by atoms with Crippen molar-refractivity contribution in [3.63, 3.8) is 0 Å². The predicted molar refractivity (Wildman–Crippen MR) is 131 cm³/mol. The molecule has 3 aromatic rings. The van der Waals surface area contributed by atoms with Gasteiger partial charge in [0.05, 0.1) is 5.56 Å². The smallest absolute Gasteiger partial charge is 0.276 e. The number of amides is 2. The Morgan fingerprint density at radius 2 is 1.55 bits per heavy atom. The molecule has 0 atom stereocenters. The zero-order valence-corrected chi connectivity index (χ0v) is 20.4. The van der Waals surface area contributed by atoms with Gasteiger partial charge in [0.1, 0.15) is 18.1 Å². The molecule has 7 heteroatoms. The minimum atomic E-state index is -0.481. The van der Waals surface area contributed by atoms with Gasteiger partial charge in [-0.2, -0.15) is 0 Å². The van der Waals surface area contributed by atoms with Gasteiger partial charge in [-0.1, -0.05) is 79.2 Å². The Morgan fingerprint density at radius 1 is 0.848 bits per heavy atom. The van der Waals surface area contributed by atoms with Gasteiger partial charge in [0, 0.05) is 10.0 Å². The third kappa shape index (κ3) is 7.08. The van der Waals surface area contributed by atoms with Gasteiger partial charge in [0.15, 0.2) is 6.61 Å². The zero-order valence-electron chi connectivity index (χ0n) is 18.9. The first-order chi connectivity index (χ1) is 15.7. The number of hydrogen-bond donors (Lipinski definition) is 2. The van der Waals surface area contributed by atoms with Crippen LogP contribution >= 0.6 is 15.9 Å². The summed E-state index contributed by atoms with van der Waals surface area (Å²) >= 11 is 3.47. The molecule has 6 nitrogen and oxygen atoms in total. The minimum absolute atomic E-state index is 0.159. The summed E-state index contributed by atoms with van der Waals surface area (Å²) in [5.74, 6) is 0.0840. The summed E-state index contributed by atoms with van der Waals surface area (Å²) in [7, 11) is 0. The minimum Gasteiger partial charge on any atom is -0.488 e. The number of benzene rings is 3. The summed E-state index contributed by atoms with van der Waals surface area (Å²) in [6, 6.07) is 22.2. The molecule has 0 saturated carbocycles. The van der Waals surface area contributed by atoms with Gasteiger partial charge in [-0.3, -0.25) is 20.4 Å². The van der Waals surface area contributed by atoms with Crippen molar-refractivity contribution in [2.75, 3.05) is 6.61 Å². The van der Waals surface area contributed by atoms with Crippen LogP contribution < -0.4 is 20.3 Å². The van der Waals surface area contributed by atoms with E-state index in [1.54, 1.807) is 24.3 Å². The number of nitrogens with one attached hydrogen (secondary N) is 2. The summed E-state index contributed by atoms with van der Waals surface area (Å²) in [5, 5.41) is 0. The zero-order chi connectivity index (χ0) is 23.8. The lowest BCUT2D eigenvalue weighted by atomic mass is 9.86. The van der Waals surface area contributed by atoms with Gasteiger partial charge in [-0.05, 0) is 41.3 Å². The van der Waals surface area contributed by atoms with Crippen LogP contribution in [0.25, 0.3) is 0 Å². The molecule has 0 aliphatic rings. The van der Waals surface area contributed by atoms with Crippen molar-refractivity contribution < 1.29 is 19.1 Å². The van der Waals surface area contributed by atoms with Crippen molar-refractivity contribution in [3.8, 4) is 11.5 Å². The van der Waals surface area contributed by atoms with Crippen molar-refractivity contribution in [2.24, 2.45) is 0 Å². The summed E-state index contributed by atoms with van der Waals surface area (Å²) in [5.41, 5.74) is 6.93. The topological polar surface area (TPSA) is 76.7 Å². The average molecular weight is 511 g/mol. The SMILES string of the molecule is CC(C)(C)c1cc(Br)ccc1OCC(=O)NNC(=O)c1ccccc1OCc1ccccc1. The second kappa shape index (κ2) is 11.0. The van der Waals surface area contributed by atoms with E-state index in [1.165, 1.54) is 0 Å². The molecule has 0 fully saturated rings. The largest absolute Gasteiger partial charge is 0.488 e. The highest BCUT2D eigenvalue weighted by molar-refractivity contribution is 9.10. The van der Waals surface area contributed by atoms with Gasteiger partial charge in [-0.15, -0.1) is 0 Å². The fraction of sp³-hybridized carbons (Fsp3) is 0.231. The number of rotatable bonds is 7. The third-order valence-corrected chi connectivity index (χ3v) is 5.29. The number of ether oxygens (including phenoxy) is 2. The second-order valence-electron chi connectivity index (χ2n) is 8.45. The molecule has 3 aromatic carbocycles. The summed E-state index contributed by atoms with van der Waals surface area (Å²) in [4.78, 5) is 24.9. The van der Waals surface area contributed by atoms with Crippen LogP contribution in [0, 0.1) is 0 Å². The number of hydrogen-bond acceptors (Lipinski definition) is 4. The lowest BCUT2D eigenvalue weighted by molar-refractivity contribution is -0.123. The highest BCUT2D eigenvalue weighted by Gasteiger charge is 2.20. The molecule has 0 unspecified atom stereocenters. The number of para-hydroxylation sites is 1. The molecule has 0 spiro atoms. The van der Waals surface area contributed by atoms with E-state index in [0.717, 1.165) is 15.6 Å². The quantitative estimate of drug-likeness (QED) is 0.430. The highest BCUT2D eigenvalue weighted by atomic mass is 79.9. The van der Waals surface area contributed by atoms with Gasteiger partial charge in [0.2, 0.25) is 0 Å². The number of halogens is 1. The molecule has 2 amide bonds. The molecule has 2 N–H and O–H groups in total. The molecule has 0 radical (unpaired) electrons. The van der Waals surface area contributed by atoms with Crippen LogP contribution in [-0.4, -0.2) is 18.4 Å². The van der Waals surface area contributed by atoms with E-state index in [1.807, 2.05) is 48.5 Å². The van der Waals surface area contributed by atoms with Gasteiger partial charge in [-0.25, -0.2) is 0 Å². The van der Waals surface area contributed by atoms with Crippen LogP contribution in [0.3, 0.4) is 0 Å². The van der Waals surface area contributed by atoms with Gasteiger partial charge >= 0.3 is 0 Å². The van der Waals surface area contributed by atoms with Crippen LogP contribution in [0.1, 0.15) is 42.3 Å². The molecule has 0 heterocycles. The number of hydrazine groups is 1. The molecule has 0 saturated heterocycles. The lowest BCUT2D eigenvalue weighted by Crippen LogP contribution is -2.44. The fourth-order valence-corrected chi connectivity index (χ4v) is 3.46. The molecule has 33 heavy (non-hydrogen) atoms. The highest BCUT2D eigenvalue weighted by Crippen LogP contribution is 2.33. The Labute approximate surface area is 202 Å². The van der Waals surface area contributed by atoms with E-state index in [-0.39, 0.29) is 12.0 Å². The molecule has 3 rings (SSSR count). The first-order valence-corrected chi connectivity index (χ1v) is 11.3. The lowest BCUT2D eigenvalue weighted by Gasteiger charge is -2.23. The third-order valence-electron chi connectivity index (χ3n) is 4.79. The Balaban J connectivity index is 1.56. The fourth-order valence-electron chi connectivity index (χ4n) is 3.10. The van der Waals surface area contributed by atoms with Gasteiger partial charge in [0.25, 0.3) is 11.8 Å². The van der Waals surface area contributed by atoms with Crippen molar-refractivity contribution in [3.05, 3.63) is 94.0 Å². The van der Waals surface area contributed by atoms with Crippen LogP contribution in [0.15, 0.2) is 77.3 Å². The van der Waals surface area contributed by atoms with Crippen molar-refractivity contribution in [1.82, 2.24) is 10.9 Å². The standard InChI is InChI=1S/C26H27BrN2O4/c1-26(2,3)21-15-19(27)13-14-23(21)33-17-24(30)28-29-25(31)20-11-7-8-12-22(20)32-16-18-9-5-4-6-10-18/h4-15H,16-17H2,1-3H3,(H,28,30)(H,29,31). The van der Waals surface area contributed by atoms with Gasteiger partial charge < -0.3 is 9.47 Å². The van der Waals surface area contributed by atoms with Crippen LogP contribution in [-0.2, 0) is 16.8 Å².